The largest absolute Gasteiger partial charge is 0.302 e. The maximum Gasteiger partial charge on any atom is 0.0846 e. The highest BCUT2D eigenvalue weighted by Gasteiger charge is 2.36. The number of nitriles is 1. The maximum absolute atomic E-state index is 10.0. The second-order valence-electron chi connectivity index (χ2n) is 7.19. The minimum Gasteiger partial charge on any atom is -0.302 e. The fraction of sp³-hybridized carbons (Fsp3) is 0.409. The highest BCUT2D eigenvalue weighted by atomic mass is 35.5. The minimum atomic E-state index is -0.554. The normalized spacial score (nSPS) is 13.6. The van der Waals surface area contributed by atoms with Crippen LogP contribution in [0.1, 0.15) is 37.8 Å². The van der Waals surface area contributed by atoms with Crippen molar-refractivity contribution in [3.63, 3.8) is 0 Å². The van der Waals surface area contributed by atoms with Gasteiger partial charge in [0, 0.05) is 6.54 Å². The first-order valence-corrected chi connectivity index (χ1v) is 9.74. The molecule has 0 aliphatic rings. The monoisotopic (exact) mass is 388 g/mol. The summed E-state index contributed by atoms with van der Waals surface area (Å²) in [6.45, 7) is 6.04. The molecule has 0 heterocycles. The van der Waals surface area contributed by atoms with E-state index in [4.69, 9.17) is 23.2 Å². The summed E-state index contributed by atoms with van der Waals surface area (Å²) >= 11 is 12.3. The van der Waals surface area contributed by atoms with Gasteiger partial charge in [-0.1, -0.05) is 73.4 Å². The van der Waals surface area contributed by atoms with Crippen molar-refractivity contribution in [2.45, 2.75) is 38.6 Å². The van der Waals surface area contributed by atoms with E-state index in [9.17, 15) is 5.26 Å². The summed E-state index contributed by atoms with van der Waals surface area (Å²) in [7, 11) is 2.12. The van der Waals surface area contributed by atoms with Crippen LogP contribution in [-0.2, 0) is 12.0 Å². The van der Waals surface area contributed by atoms with Crippen molar-refractivity contribution >= 4 is 23.2 Å². The van der Waals surface area contributed by atoms with Crippen molar-refractivity contribution in [1.82, 2.24) is 4.90 Å². The number of rotatable bonds is 8. The third-order valence-electron chi connectivity index (χ3n) is 5.03. The smallest absolute Gasteiger partial charge is 0.0846 e. The van der Waals surface area contributed by atoms with Crippen molar-refractivity contribution < 1.29 is 0 Å². The highest BCUT2D eigenvalue weighted by Crippen LogP contribution is 2.39. The Labute approximate surface area is 167 Å². The Bertz CT molecular complexity index is 752. The predicted octanol–water partition coefficient (Wildman–Crippen LogP) is 6.32. The van der Waals surface area contributed by atoms with Gasteiger partial charge in [0.25, 0.3) is 0 Å². The molecule has 1 atom stereocenters. The zero-order valence-electron chi connectivity index (χ0n) is 15.7. The van der Waals surface area contributed by atoms with Crippen LogP contribution in [0, 0.1) is 17.2 Å². The number of halogens is 2. The van der Waals surface area contributed by atoms with Gasteiger partial charge in [-0.05, 0) is 55.6 Å². The van der Waals surface area contributed by atoms with E-state index in [1.165, 1.54) is 5.56 Å². The van der Waals surface area contributed by atoms with E-state index in [1.54, 1.807) is 6.07 Å². The van der Waals surface area contributed by atoms with Crippen LogP contribution in [0.5, 0.6) is 0 Å². The Morgan fingerprint density at radius 1 is 1.08 bits per heavy atom. The molecule has 2 nitrogen and oxygen atoms in total. The molecule has 2 aromatic rings. The first-order valence-electron chi connectivity index (χ1n) is 8.98. The third-order valence-corrected chi connectivity index (χ3v) is 5.77. The first-order chi connectivity index (χ1) is 12.4. The Hall–Kier alpha value is -1.53. The van der Waals surface area contributed by atoms with Crippen LogP contribution < -0.4 is 0 Å². The minimum absolute atomic E-state index is 0.184. The fourth-order valence-corrected chi connectivity index (χ4v) is 3.69. The highest BCUT2D eigenvalue weighted by molar-refractivity contribution is 6.42. The standard InChI is InChI=1S/C22H26Cl2N2/c1-17(2)22(16-25,19-10-11-20(23)21(24)14-19)12-7-13-26(3)15-18-8-5-4-6-9-18/h4-6,8-11,14,17H,7,12-13,15H2,1-3H3. The molecule has 0 aliphatic heterocycles. The van der Waals surface area contributed by atoms with E-state index in [0.29, 0.717) is 10.0 Å². The Morgan fingerprint density at radius 2 is 1.77 bits per heavy atom. The second-order valence-corrected chi connectivity index (χ2v) is 8.01. The molecule has 2 aromatic carbocycles. The summed E-state index contributed by atoms with van der Waals surface area (Å²) < 4.78 is 0. The van der Waals surface area contributed by atoms with Crippen LogP contribution in [0.4, 0.5) is 0 Å². The molecule has 1 unspecified atom stereocenters. The van der Waals surface area contributed by atoms with Crippen LogP contribution in [0.25, 0.3) is 0 Å². The maximum atomic E-state index is 10.0. The molecule has 0 amide bonds. The van der Waals surface area contributed by atoms with Crippen LogP contribution in [-0.4, -0.2) is 18.5 Å². The van der Waals surface area contributed by atoms with Crippen LogP contribution in [0.15, 0.2) is 48.5 Å². The van der Waals surface area contributed by atoms with Gasteiger partial charge in [-0.3, -0.25) is 0 Å². The molecular weight excluding hydrogens is 363 g/mol. The fourth-order valence-electron chi connectivity index (χ4n) is 3.39. The molecule has 0 spiro atoms. The van der Waals surface area contributed by atoms with Crippen LogP contribution >= 0.6 is 23.2 Å². The van der Waals surface area contributed by atoms with Crippen molar-refractivity contribution in [3.8, 4) is 6.07 Å². The van der Waals surface area contributed by atoms with Gasteiger partial charge < -0.3 is 4.90 Å². The van der Waals surface area contributed by atoms with E-state index in [-0.39, 0.29) is 5.92 Å². The Balaban J connectivity index is 2.06. The quantitative estimate of drug-likeness (QED) is 0.528. The predicted molar refractivity (Wildman–Crippen MR) is 111 cm³/mol. The Morgan fingerprint density at radius 3 is 2.35 bits per heavy atom. The van der Waals surface area contributed by atoms with Crippen molar-refractivity contribution in [1.29, 1.82) is 5.26 Å². The van der Waals surface area contributed by atoms with Crippen molar-refractivity contribution in [3.05, 3.63) is 69.7 Å². The lowest BCUT2D eigenvalue weighted by Gasteiger charge is -2.32. The molecular formula is C22H26Cl2N2. The van der Waals surface area contributed by atoms with Gasteiger partial charge >= 0.3 is 0 Å². The summed E-state index contributed by atoms with van der Waals surface area (Å²) in [4.78, 5) is 2.30. The zero-order valence-corrected chi connectivity index (χ0v) is 17.2. The summed E-state index contributed by atoms with van der Waals surface area (Å²) in [6, 6.07) is 18.6. The van der Waals surface area contributed by atoms with E-state index >= 15 is 0 Å². The van der Waals surface area contributed by atoms with Gasteiger partial charge in [0.2, 0.25) is 0 Å². The number of hydrogen-bond acceptors (Lipinski definition) is 2. The average Bonchev–Trinajstić information content (AvgIpc) is 2.62. The van der Waals surface area contributed by atoms with Crippen LogP contribution in [0.2, 0.25) is 10.0 Å². The summed E-state index contributed by atoms with van der Waals surface area (Å²) in [5.74, 6) is 0.184. The SMILES string of the molecule is CC(C)C(C#N)(CCCN(C)Cc1ccccc1)c1ccc(Cl)c(Cl)c1. The number of hydrogen-bond donors (Lipinski definition) is 0. The second kappa shape index (κ2) is 9.42. The molecule has 0 radical (unpaired) electrons. The lowest BCUT2D eigenvalue weighted by molar-refractivity contribution is 0.286. The van der Waals surface area contributed by atoms with E-state index < -0.39 is 5.41 Å². The summed E-state index contributed by atoms with van der Waals surface area (Å²) in [5, 5.41) is 11.0. The lowest BCUT2D eigenvalue weighted by Crippen LogP contribution is -2.32. The van der Waals surface area contributed by atoms with E-state index in [0.717, 1.165) is 31.5 Å². The van der Waals surface area contributed by atoms with E-state index in [1.807, 2.05) is 18.2 Å². The third kappa shape index (κ3) is 5.01. The molecule has 0 aliphatic carbocycles. The molecule has 0 fully saturated rings. The van der Waals surface area contributed by atoms with Gasteiger partial charge in [-0.2, -0.15) is 5.26 Å². The first kappa shape index (κ1) is 20.8. The molecule has 0 bridgehead atoms. The molecule has 0 saturated heterocycles. The molecule has 0 saturated carbocycles. The van der Waals surface area contributed by atoms with Gasteiger partial charge in [0.15, 0.2) is 0 Å². The van der Waals surface area contributed by atoms with Crippen LogP contribution in [0.3, 0.4) is 0 Å². The average molecular weight is 389 g/mol. The van der Waals surface area contributed by atoms with Gasteiger partial charge in [0.05, 0.1) is 21.5 Å². The molecule has 4 heteroatoms. The van der Waals surface area contributed by atoms with Gasteiger partial charge in [-0.25, -0.2) is 0 Å². The molecule has 138 valence electrons. The molecule has 2 rings (SSSR count). The number of benzene rings is 2. The van der Waals surface area contributed by atoms with Crippen molar-refractivity contribution in [2.24, 2.45) is 5.92 Å². The zero-order chi connectivity index (χ0) is 19.2. The summed E-state index contributed by atoms with van der Waals surface area (Å²) in [5.41, 5.74) is 1.70. The van der Waals surface area contributed by atoms with Crippen molar-refractivity contribution in [2.75, 3.05) is 13.6 Å². The summed E-state index contributed by atoms with van der Waals surface area (Å²) in [6.07, 6.45) is 1.73. The topological polar surface area (TPSA) is 27.0 Å². The Kier molecular flexibility index (Phi) is 7.53. The van der Waals surface area contributed by atoms with Gasteiger partial charge in [0.1, 0.15) is 0 Å². The molecule has 0 aromatic heterocycles. The molecule has 0 N–H and O–H groups in total. The van der Waals surface area contributed by atoms with E-state index in [2.05, 4.69) is 56.1 Å². The number of nitrogens with zero attached hydrogens (tertiary/aromatic N) is 2. The molecule has 26 heavy (non-hydrogen) atoms. The van der Waals surface area contributed by atoms with Gasteiger partial charge in [-0.15, -0.1) is 0 Å². The lowest BCUT2D eigenvalue weighted by atomic mass is 9.70.